The number of ketones is 1. The second kappa shape index (κ2) is 11.8. The molecule has 2 spiro atoms. The zero-order valence-electron chi connectivity index (χ0n) is 23.9. The summed E-state index contributed by atoms with van der Waals surface area (Å²) < 4.78 is 16.1. The maximum atomic E-state index is 16.1. The highest BCUT2D eigenvalue weighted by molar-refractivity contribution is 5.98. The van der Waals surface area contributed by atoms with Crippen molar-refractivity contribution in [3.63, 3.8) is 0 Å². The van der Waals surface area contributed by atoms with Gasteiger partial charge in [0.15, 0.2) is 5.78 Å². The summed E-state index contributed by atoms with van der Waals surface area (Å²) in [4.78, 5) is 13.7. The average molecular weight is 501 g/mol. The summed E-state index contributed by atoms with van der Waals surface area (Å²) in [5, 5.41) is 0. The number of carbonyl (C=O) groups excluding carboxylic acids is 1. The molecule has 0 radical (unpaired) electrons. The van der Waals surface area contributed by atoms with E-state index in [0.29, 0.717) is 5.78 Å². The van der Waals surface area contributed by atoms with Gasteiger partial charge in [-0.1, -0.05) is 78.1 Å². The molecular weight excluding hydrogens is 443 g/mol. The van der Waals surface area contributed by atoms with E-state index in [2.05, 4.69) is 13.8 Å². The number of hydrogen-bond donors (Lipinski definition) is 0. The fraction of sp³-hybridized carbons (Fsp3) is 0.971. The van der Waals surface area contributed by atoms with E-state index >= 15 is 4.39 Å². The molecule has 0 saturated heterocycles. The van der Waals surface area contributed by atoms with Gasteiger partial charge in [0.1, 0.15) is 6.17 Å². The number of hydrogen-bond acceptors (Lipinski definition) is 1. The molecule has 0 aromatic rings. The van der Waals surface area contributed by atoms with Gasteiger partial charge in [0.2, 0.25) is 0 Å². The molecule has 0 heterocycles. The molecule has 1 nitrogen and oxygen atoms in total. The lowest BCUT2D eigenvalue weighted by Crippen LogP contribution is -2.69. The van der Waals surface area contributed by atoms with Crippen molar-refractivity contribution >= 4 is 5.78 Å². The van der Waals surface area contributed by atoms with E-state index in [1.54, 1.807) is 0 Å². The predicted octanol–water partition coefficient (Wildman–Crippen LogP) is 10.3. The van der Waals surface area contributed by atoms with Gasteiger partial charge in [-0.05, 0) is 113 Å². The second-order valence-electron chi connectivity index (χ2n) is 14.5. The molecule has 5 aliphatic carbocycles. The molecule has 0 unspecified atom stereocenters. The minimum absolute atomic E-state index is 0.380. The topological polar surface area (TPSA) is 17.1 Å². The number of halogens is 1. The Kier molecular flexibility index (Phi) is 8.89. The van der Waals surface area contributed by atoms with E-state index in [4.69, 9.17) is 0 Å². The molecule has 36 heavy (non-hydrogen) atoms. The summed E-state index contributed by atoms with van der Waals surface area (Å²) in [7, 11) is 0. The minimum Gasteiger partial charge on any atom is -0.298 e. The van der Waals surface area contributed by atoms with E-state index in [1.807, 2.05) is 0 Å². The molecule has 2 heteroatoms. The van der Waals surface area contributed by atoms with Crippen molar-refractivity contribution in [3.8, 4) is 0 Å². The van der Waals surface area contributed by atoms with Crippen molar-refractivity contribution in [2.24, 2.45) is 46.3 Å². The van der Waals surface area contributed by atoms with Crippen LogP contribution in [-0.2, 0) is 4.79 Å². The summed E-state index contributed by atoms with van der Waals surface area (Å²) in [6.45, 7) is 4.63. The molecular formula is C34H57FO. The highest BCUT2D eigenvalue weighted by Crippen LogP contribution is 2.66. The first-order valence-electron chi connectivity index (χ1n) is 16.7. The standard InChI is InChI=1S/C34H57FO/c1-3-5-6-7-8-26-11-15-28(16-12-26)30-19-23-34(24-20-30)31(35)33(32(34)36)21-17-29(18-22-33)27-13-9-25(4-2)10-14-27/h25-31H,3-24H2,1-2H3/t25?,26?,27?,28?,29?,30?,31-,33-,34-/m1/s1. The van der Waals surface area contributed by atoms with Crippen LogP contribution in [0.2, 0.25) is 0 Å². The zero-order chi connectivity index (χ0) is 25.2. The van der Waals surface area contributed by atoms with Gasteiger partial charge in [-0.2, -0.15) is 0 Å². The van der Waals surface area contributed by atoms with Crippen LogP contribution in [0.25, 0.3) is 0 Å². The van der Waals surface area contributed by atoms with E-state index < -0.39 is 17.0 Å². The fourth-order valence-corrected chi connectivity index (χ4v) is 10.3. The van der Waals surface area contributed by atoms with Crippen molar-refractivity contribution in [1.82, 2.24) is 0 Å². The van der Waals surface area contributed by atoms with Crippen LogP contribution in [0.15, 0.2) is 0 Å². The molecule has 0 aliphatic heterocycles. The Hall–Kier alpha value is -0.400. The fourth-order valence-electron chi connectivity index (χ4n) is 10.3. The van der Waals surface area contributed by atoms with Crippen molar-refractivity contribution in [3.05, 3.63) is 0 Å². The summed E-state index contributed by atoms with van der Waals surface area (Å²) in [6.07, 6.45) is 26.7. The van der Waals surface area contributed by atoms with E-state index in [0.717, 1.165) is 86.9 Å². The van der Waals surface area contributed by atoms with Crippen molar-refractivity contribution in [1.29, 1.82) is 0 Å². The largest absolute Gasteiger partial charge is 0.298 e. The lowest BCUT2D eigenvalue weighted by atomic mass is 9.41. The van der Waals surface area contributed by atoms with Gasteiger partial charge >= 0.3 is 0 Å². The highest BCUT2D eigenvalue weighted by atomic mass is 19.1. The first-order chi connectivity index (χ1) is 17.5. The molecule has 5 aliphatic rings. The van der Waals surface area contributed by atoms with Crippen LogP contribution in [0.5, 0.6) is 0 Å². The summed E-state index contributed by atoms with van der Waals surface area (Å²) in [5.74, 6) is 5.53. The van der Waals surface area contributed by atoms with Crippen LogP contribution < -0.4 is 0 Å². The third-order valence-electron chi connectivity index (χ3n) is 12.9. The Morgan fingerprint density at radius 3 is 1.47 bits per heavy atom. The van der Waals surface area contributed by atoms with Gasteiger partial charge in [-0.25, -0.2) is 4.39 Å². The zero-order valence-corrected chi connectivity index (χ0v) is 23.9. The molecule has 0 N–H and O–H groups in total. The van der Waals surface area contributed by atoms with Gasteiger partial charge in [-0.15, -0.1) is 0 Å². The molecule has 0 bridgehead atoms. The Labute approximate surface area is 222 Å². The van der Waals surface area contributed by atoms with Gasteiger partial charge < -0.3 is 0 Å². The van der Waals surface area contributed by atoms with E-state index in [1.165, 1.54) is 89.9 Å². The number of rotatable bonds is 8. The van der Waals surface area contributed by atoms with Gasteiger partial charge in [0.25, 0.3) is 0 Å². The summed E-state index contributed by atoms with van der Waals surface area (Å²) in [5.41, 5.74) is -1.14. The van der Waals surface area contributed by atoms with Crippen LogP contribution in [0.1, 0.15) is 155 Å². The van der Waals surface area contributed by atoms with Crippen LogP contribution in [0.4, 0.5) is 4.39 Å². The monoisotopic (exact) mass is 500 g/mol. The lowest BCUT2D eigenvalue weighted by molar-refractivity contribution is -0.194. The van der Waals surface area contributed by atoms with Gasteiger partial charge in [-0.3, -0.25) is 4.79 Å². The number of alkyl halides is 1. The first kappa shape index (κ1) is 27.2. The Balaban J connectivity index is 1.06. The van der Waals surface area contributed by atoms with Crippen molar-refractivity contribution in [2.45, 2.75) is 161 Å². The maximum Gasteiger partial charge on any atom is 0.151 e. The van der Waals surface area contributed by atoms with Gasteiger partial charge in [0.05, 0.1) is 10.8 Å². The average Bonchev–Trinajstić information content (AvgIpc) is 2.95. The Morgan fingerprint density at radius 2 is 1.06 bits per heavy atom. The van der Waals surface area contributed by atoms with Gasteiger partial charge in [0, 0.05) is 0 Å². The number of carbonyl (C=O) groups is 1. The van der Waals surface area contributed by atoms with Crippen LogP contribution in [-0.4, -0.2) is 12.0 Å². The van der Waals surface area contributed by atoms with Crippen LogP contribution in [0, 0.1) is 46.3 Å². The first-order valence-corrected chi connectivity index (χ1v) is 16.7. The molecule has 0 aromatic heterocycles. The molecule has 5 saturated carbocycles. The molecule has 206 valence electrons. The molecule has 0 amide bonds. The van der Waals surface area contributed by atoms with Crippen molar-refractivity contribution in [2.75, 3.05) is 0 Å². The smallest absolute Gasteiger partial charge is 0.151 e. The summed E-state index contributed by atoms with van der Waals surface area (Å²) in [6, 6.07) is 0. The van der Waals surface area contributed by atoms with Crippen molar-refractivity contribution < 1.29 is 9.18 Å². The molecule has 0 aromatic carbocycles. The number of unbranched alkanes of at least 4 members (excludes halogenated alkanes) is 3. The third-order valence-corrected chi connectivity index (χ3v) is 12.9. The van der Waals surface area contributed by atoms with Crippen LogP contribution in [0.3, 0.4) is 0 Å². The van der Waals surface area contributed by atoms with E-state index in [-0.39, 0.29) is 0 Å². The minimum atomic E-state index is -0.839. The highest BCUT2D eigenvalue weighted by Gasteiger charge is 2.71. The quantitative estimate of drug-likeness (QED) is 0.303. The number of Topliss-reactive ketones (excluding diaryl/α,β-unsaturated/α-hetero) is 1. The molecule has 5 rings (SSSR count). The molecule has 5 fully saturated rings. The predicted molar refractivity (Wildman–Crippen MR) is 149 cm³/mol. The van der Waals surface area contributed by atoms with E-state index in [9.17, 15) is 4.79 Å². The van der Waals surface area contributed by atoms with Crippen LogP contribution >= 0.6 is 0 Å². The molecule has 1 atom stereocenters. The normalized spacial score (nSPS) is 45.6. The Bertz CT molecular complexity index is 697. The lowest BCUT2D eigenvalue weighted by Gasteiger charge is -2.62. The second-order valence-corrected chi connectivity index (χ2v) is 14.5. The maximum absolute atomic E-state index is 16.1. The Morgan fingerprint density at radius 1 is 0.611 bits per heavy atom. The summed E-state index contributed by atoms with van der Waals surface area (Å²) >= 11 is 0. The SMILES string of the molecule is CCCCCCC1CCC(C2CC[C@]3(CC2)C(=O)[C@@]2(CCC(C4CCC(CC)CC4)CC2)[C@H]3F)CC1. The third kappa shape index (κ3) is 5.11.